The van der Waals surface area contributed by atoms with Crippen molar-refractivity contribution in [1.82, 2.24) is 18.8 Å². The topological polar surface area (TPSA) is 79.9 Å². The number of piperidine rings is 1. The fourth-order valence-corrected chi connectivity index (χ4v) is 5.91. The summed E-state index contributed by atoms with van der Waals surface area (Å²) in [5.41, 5.74) is 5.21. The van der Waals surface area contributed by atoms with Crippen molar-refractivity contribution in [1.29, 1.82) is 0 Å². The van der Waals surface area contributed by atoms with E-state index in [1.165, 1.54) is 17.0 Å². The average molecular weight is 508 g/mol. The van der Waals surface area contributed by atoms with E-state index in [0.717, 1.165) is 48.4 Å². The number of ketones is 1. The molecule has 0 aliphatic carbocycles. The highest BCUT2D eigenvalue weighted by atomic mass is 32.2. The molecular formula is C27H33N5O3S. The third-order valence-electron chi connectivity index (χ3n) is 6.90. The monoisotopic (exact) mass is 507 g/mol. The molecule has 1 aliphatic rings. The number of fused-ring (bicyclic) bond motifs is 1. The lowest BCUT2D eigenvalue weighted by molar-refractivity contribution is 0.0916. The van der Waals surface area contributed by atoms with Crippen molar-refractivity contribution in [2.45, 2.75) is 39.5 Å². The van der Waals surface area contributed by atoms with Gasteiger partial charge in [0, 0.05) is 30.7 Å². The number of carbonyl (C=O) groups excluding carboxylic acids is 1. The molecule has 9 heteroatoms. The lowest BCUT2D eigenvalue weighted by Crippen LogP contribution is -2.34. The third kappa shape index (κ3) is 5.51. The standard InChI is InChI=1S/C27H33N5O3S/c1-5-31(36(4,34)35)16-13-21-17-24-27(29-18-21)26(25(33)19-30-14-7-6-8-15-30)20(2)32(24)23-11-9-22(28-3)10-12-23/h9-12,17-18H,5-8,13-16,19H2,1-2,4H3. The zero-order valence-electron chi connectivity index (χ0n) is 21.2. The Bertz CT molecular complexity index is 1400. The van der Waals surface area contributed by atoms with E-state index in [1.54, 1.807) is 18.3 Å². The highest BCUT2D eigenvalue weighted by Gasteiger charge is 2.25. The Morgan fingerprint density at radius 1 is 1.17 bits per heavy atom. The van der Waals surface area contributed by atoms with Gasteiger partial charge in [-0.3, -0.25) is 14.7 Å². The van der Waals surface area contributed by atoms with Gasteiger partial charge >= 0.3 is 0 Å². The molecule has 3 heterocycles. The first-order valence-corrected chi connectivity index (χ1v) is 14.3. The van der Waals surface area contributed by atoms with Crippen molar-refractivity contribution >= 4 is 32.5 Å². The van der Waals surface area contributed by atoms with Crippen molar-refractivity contribution in [3.8, 4) is 5.69 Å². The molecule has 0 radical (unpaired) electrons. The smallest absolute Gasteiger partial charge is 0.211 e. The van der Waals surface area contributed by atoms with Crippen LogP contribution in [0.1, 0.15) is 47.8 Å². The van der Waals surface area contributed by atoms with Gasteiger partial charge in [0.1, 0.15) is 0 Å². The highest BCUT2D eigenvalue weighted by molar-refractivity contribution is 7.88. The number of nitrogens with zero attached hydrogens (tertiary/aromatic N) is 5. The molecule has 4 rings (SSSR count). The molecule has 3 aromatic rings. The molecule has 0 bridgehead atoms. The molecule has 1 fully saturated rings. The number of likely N-dealkylation sites (tertiary alicyclic amines) is 1. The Hall–Kier alpha value is -3.06. The van der Waals surface area contributed by atoms with Gasteiger partial charge in [-0.1, -0.05) is 25.5 Å². The minimum atomic E-state index is -3.28. The molecule has 0 spiro atoms. The molecule has 1 saturated heterocycles. The van der Waals surface area contributed by atoms with Crippen LogP contribution in [0.3, 0.4) is 0 Å². The number of rotatable bonds is 9. The lowest BCUT2D eigenvalue weighted by Gasteiger charge is -2.25. The second-order valence-corrected chi connectivity index (χ2v) is 11.4. The number of likely N-dealkylation sites (N-methyl/N-ethyl adjacent to an activating group) is 1. The quantitative estimate of drug-likeness (QED) is 0.317. The van der Waals surface area contributed by atoms with Crippen molar-refractivity contribution < 1.29 is 13.2 Å². The van der Waals surface area contributed by atoms with Crippen LogP contribution >= 0.6 is 0 Å². The van der Waals surface area contributed by atoms with Gasteiger partial charge in [-0.25, -0.2) is 17.6 Å². The molecule has 8 nitrogen and oxygen atoms in total. The van der Waals surface area contributed by atoms with Gasteiger partial charge in [0.15, 0.2) is 11.5 Å². The molecule has 2 aromatic heterocycles. The maximum atomic E-state index is 13.5. The molecule has 0 amide bonds. The Balaban J connectivity index is 1.76. The van der Waals surface area contributed by atoms with Crippen molar-refractivity contribution in [2.75, 3.05) is 39.0 Å². The molecule has 0 saturated carbocycles. The van der Waals surface area contributed by atoms with E-state index < -0.39 is 10.0 Å². The van der Waals surface area contributed by atoms with Crippen LogP contribution in [0, 0.1) is 13.5 Å². The first kappa shape index (κ1) is 26.0. The number of hydrogen-bond donors (Lipinski definition) is 0. The second-order valence-electron chi connectivity index (χ2n) is 9.40. The van der Waals surface area contributed by atoms with E-state index in [1.807, 2.05) is 36.6 Å². The molecular weight excluding hydrogens is 474 g/mol. The predicted octanol–water partition coefficient (Wildman–Crippen LogP) is 4.38. The van der Waals surface area contributed by atoms with E-state index in [2.05, 4.69) is 9.74 Å². The van der Waals surface area contributed by atoms with E-state index in [9.17, 15) is 13.2 Å². The average Bonchev–Trinajstić information content (AvgIpc) is 3.15. The van der Waals surface area contributed by atoms with Gasteiger partial charge in [0.05, 0.1) is 36.0 Å². The molecule has 36 heavy (non-hydrogen) atoms. The molecule has 1 aromatic carbocycles. The van der Waals surface area contributed by atoms with Crippen LogP contribution < -0.4 is 0 Å². The predicted molar refractivity (Wildman–Crippen MR) is 142 cm³/mol. The van der Waals surface area contributed by atoms with Crippen molar-refractivity contribution in [3.05, 3.63) is 64.8 Å². The summed E-state index contributed by atoms with van der Waals surface area (Å²) in [4.78, 5) is 24.0. The largest absolute Gasteiger partial charge is 0.312 e. The van der Waals surface area contributed by atoms with Crippen LogP contribution in [-0.2, 0) is 16.4 Å². The summed E-state index contributed by atoms with van der Waals surface area (Å²) in [5.74, 6) is 0.0606. The maximum Gasteiger partial charge on any atom is 0.211 e. The summed E-state index contributed by atoms with van der Waals surface area (Å²) < 4.78 is 27.5. The molecule has 1 aliphatic heterocycles. The van der Waals surface area contributed by atoms with Gasteiger partial charge in [0.2, 0.25) is 10.0 Å². The number of sulfonamides is 1. The fraction of sp³-hybridized carbons (Fsp3) is 0.444. The third-order valence-corrected chi connectivity index (χ3v) is 8.28. The molecule has 0 unspecified atom stereocenters. The Kier molecular flexibility index (Phi) is 7.88. The summed E-state index contributed by atoms with van der Waals surface area (Å²) in [7, 11) is -3.28. The normalized spacial score (nSPS) is 14.9. The van der Waals surface area contributed by atoms with E-state index in [0.29, 0.717) is 42.8 Å². The highest BCUT2D eigenvalue weighted by Crippen LogP contribution is 2.30. The van der Waals surface area contributed by atoms with Crippen LogP contribution in [-0.4, -0.2) is 71.9 Å². The van der Waals surface area contributed by atoms with Crippen LogP contribution in [0.25, 0.3) is 21.6 Å². The van der Waals surface area contributed by atoms with Crippen LogP contribution in [0.5, 0.6) is 0 Å². The SMILES string of the molecule is [C-]#[N+]c1ccc(-n2c(C)c(C(=O)CN3CCCCC3)c3ncc(CCN(CC)S(C)(=O)=O)cc32)cc1. The number of pyridine rings is 1. The lowest BCUT2D eigenvalue weighted by atomic mass is 10.1. The minimum absolute atomic E-state index is 0.0606. The van der Waals surface area contributed by atoms with Gasteiger partial charge in [-0.15, -0.1) is 0 Å². The van der Waals surface area contributed by atoms with E-state index in [-0.39, 0.29) is 5.78 Å². The zero-order chi connectivity index (χ0) is 25.9. The number of hydrogen-bond acceptors (Lipinski definition) is 5. The summed E-state index contributed by atoms with van der Waals surface area (Å²) in [5, 5.41) is 0. The van der Waals surface area contributed by atoms with E-state index >= 15 is 0 Å². The number of carbonyl (C=O) groups is 1. The Morgan fingerprint density at radius 3 is 2.47 bits per heavy atom. The first-order chi connectivity index (χ1) is 17.2. The fourth-order valence-electron chi connectivity index (χ4n) is 5.01. The van der Waals surface area contributed by atoms with E-state index in [4.69, 9.17) is 11.6 Å². The molecule has 0 atom stereocenters. The Labute approximate surface area is 213 Å². The second kappa shape index (κ2) is 10.9. The first-order valence-electron chi connectivity index (χ1n) is 12.4. The van der Waals surface area contributed by atoms with Gasteiger partial charge in [0.25, 0.3) is 0 Å². The number of benzene rings is 1. The molecule has 0 N–H and O–H groups in total. The van der Waals surface area contributed by atoms with Crippen LogP contribution in [0.4, 0.5) is 5.69 Å². The van der Waals surface area contributed by atoms with Crippen molar-refractivity contribution in [2.24, 2.45) is 0 Å². The minimum Gasteiger partial charge on any atom is -0.312 e. The maximum absolute atomic E-state index is 13.5. The van der Waals surface area contributed by atoms with Gasteiger partial charge in [-0.05, 0) is 63.0 Å². The zero-order valence-corrected chi connectivity index (χ0v) is 22.0. The Morgan fingerprint density at radius 2 is 1.86 bits per heavy atom. The number of Topliss-reactive ketones (excluding diaryl/α,β-unsaturated/α-hetero) is 1. The summed E-state index contributed by atoms with van der Waals surface area (Å²) in [6, 6.07) is 9.31. The summed E-state index contributed by atoms with van der Waals surface area (Å²) in [6.45, 7) is 14.0. The summed E-state index contributed by atoms with van der Waals surface area (Å²) in [6.07, 6.45) is 6.93. The summed E-state index contributed by atoms with van der Waals surface area (Å²) >= 11 is 0. The number of aromatic nitrogens is 2. The van der Waals surface area contributed by atoms with Crippen LogP contribution in [0.2, 0.25) is 0 Å². The van der Waals surface area contributed by atoms with Gasteiger partial charge in [-0.2, -0.15) is 0 Å². The molecule has 190 valence electrons. The van der Waals surface area contributed by atoms with Crippen molar-refractivity contribution in [3.63, 3.8) is 0 Å². The van der Waals surface area contributed by atoms with Gasteiger partial charge < -0.3 is 4.57 Å². The van der Waals surface area contributed by atoms with Crippen LogP contribution in [0.15, 0.2) is 36.5 Å².